The molecule has 0 radical (unpaired) electrons. The van der Waals surface area contributed by atoms with Crippen molar-refractivity contribution in [2.45, 2.75) is 32.7 Å². The lowest BCUT2D eigenvalue weighted by Crippen LogP contribution is -2.40. The summed E-state index contributed by atoms with van der Waals surface area (Å²) in [4.78, 5) is 7.31. The lowest BCUT2D eigenvalue weighted by atomic mass is 9.97. The summed E-state index contributed by atoms with van der Waals surface area (Å²) in [5, 5.41) is 7.61. The smallest absolute Gasteiger partial charge is 0.191 e. The summed E-state index contributed by atoms with van der Waals surface area (Å²) in [6, 6.07) is 8.12. The van der Waals surface area contributed by atoms with E-state index < -0.39 is 0 Å². The highest BCUT2D eigenvalue weighted by atomic mass is 127. The van der Waals surface area contributed by atoms with Crippen LogP contribution in [0.3, 0.4) is 0 Å². The van der Waals surface area contributed by atoms with Crippen LogP contribution in [0, 0.1) is 5.92 Å². The summed E-state index contributed by atoms with van der Waals surface area (Å²) in [6.45, 7) is 10.1. The molecule has 1 aromatic carbocycles. The number of hydrogen-bond acceptors (Lipinski definition) is 3. The fraction of sp³-hybridized carbons (Fsp3) is 0.650. The van der Waals surface area contributed by atoms with Crippen LogP contribution >= 0.6 is 35.6 Å². The number of rotatable bonds is 8. The van der Waals surface area contributed by atoms with Gasteiger partial charge in [-0.15, -0.1) is 24.0 Å². The SMILES string of the molecule is CCNC(=NCC1CCN(CCOC)CC1)NC(C)c1cccc(Cl)c1.I. The van der Waals surface area contributed by atoms with Crippen LogP contribution < -0.4 is 10.6 Å². The van der Waals surface area contributed by atoms with E-state index in [4.69, 9.17) is 21.3 Å². The fourth-order valence-electron chi connectivity index (χ4n) is 3.22. The van der Waals surface area contributed by atoms with Gasteiger partial charge in [0.25, 0.3) is 0 Å². The van der Waals surface area contributed by atoms with E-state index in [0.717, 1.165) is 55.9 Å². The molecule has 27 heavy (non-hydrogen) atoms. The molecule has 0 aromatic heterocycles. The molecule has 1 aliphatic heterocycles. The minimum atomic E-state index is 0. The molecule has 0 aliphatic carbocycles. The van der Waals surface area contributed by atoms with Gasteiger partial charge in [-0.05, 0) is 63.4 Å². The van der Waals surface area contributed by atoms with Gasteiger partial charge in [0.05, 0.1) is 12.6 Å². The Balaban J connectivity index is 0.00000364. The van der Waals surface area contributed by atoms with Crippen molar-refractivity contribution in [3.63, 3.8) is 0 Å². The van der Waals surface area contributed by atoms with Crippen molar-refractivity contribution < 1.29 is 4.74 Å². The molecule has 154 valence electrons. The fourth-order valence-corrected chi connectivity index (χ4v) is 3.42. The Labute approximate surface area is 186 Å². The first-order valence-corrected chi connectivity index (χ1v) is 10.0. The third-order valence-electron chi connectivity index (χ3n) is 4.87. The molecule has 2 rings (SSSR count). The van der Waals surface area contributed by atoms with Crippen molar-refractivity contribution in [3.05, 3.63) is 34.9 Å². The molecule has 5 nitrogen and oxygen atoms in total. The molecule has 1 aliphatic rings. The maximum Gasteiger partial charge on any atom is 0.191 e. The van der Waals surface area contributed by atoms with Gasteiger partial charge in [0.1, 0.15) is 0 Å². The van der Waals surface area contributed by atoms with Gasteiger partial charge in [-0.3, -0.25) is 4.99 Å². The Bertz CT molecular complexity index is 565. The molecule has 1 atom stereocenters. The number of piperidine rings is 1. The van der Waals surface area contributed by atoms with E-state index >= 15 is 0 Å². The van der Waals surface area contributed by atoms with Gasteiger partial charge in [0, 0.05) is 31.8 Å². The van der Waals surface area contributed by atoms with E-state index in [1.807, 2.05) is 18.2 Å². The van der Waals surface area contributed by atoms with Crippen molar-refractivity contribution in [2.75, 3.05) is 46.4 Å². The topological polar surface area (TPSA) is 48.9 Å². The van der Waals surface area contributed by atoms with Crippen LogP contribution in [0.15, 0.2) is 29.3 Å². The van der Waals surface area contributed by atoms with Gasteiger partial charge >= 0.3 is 0 Å². The first-order valence-electron chi connectivity index (χ1n) is 9.64. The van der Waals surface area contributed by atoms with E-state index in [-0.39, 0.29) is 30.0 Å². The number of ether oxygens (including phenoxy) is 1. The zero-order valence-electron chi connectivity index (χ0n) is 16.7. The average molecular weight is 509 g/mol. The maximum absolute atomic E-state index is 6.11. The number of methoxy groups -OCH3 is 1. The van der Waals surface area contributed by atoms with E-state index in [2.05, 4.69) is 35.4 Å². The van der Waals surface area contributed by atoms with Crippen molar-refractivity contribution in [3.8, 4) is 0 Å². The molecule has 0 bridgehead atoms. The lowest BCUT2D eigenvalue weighted by molar-refractivity contribution is 0.121. The molecular formula is C20H34ClIN4O. The Morgan fingerprint density at radius 3 is 2.74 bits per heavy atom. The molecule has 0 amide bonds. The molecule has 7 heteroatoms. The van der Waals surface area contributed by atoms with E-state index in [1.54, 1.807) is 7.11 Å². The third kappa shape index (κ3) is 8.98. The average Bonchev–Trinajstić information content (AvgIpc) is 2.65. The number of aliphatic imine (C=N–C) groups is 1. The van der Waals surface area contributed by atoms with Gasteiger partial charge in [-0.25, -0.2) is 0 Å². The normalized spacial score (nSPS) is 17.3. The first-order chi connectivity index (χ1) is 12.6. The predicted octanol–water partition coefficient (Wildman–Crippen LogP) is 3.93. The number of guanidine groups is 1. The van der Waals surface area contributed by atoms with Crippen molar-refractivity contribution in [1.82, 2.24) is 15.5 Å². The monoisotopic (exact) mass is 508 g/mol. The Morgan fingerprint density at radius 2 is 2.11 bits per heavy atom. The Hall–Kier alpha value is -0.570. The number of nitrogens with one attached hydrogen (secondary N) is 2. The lowest BCUT2D eigenvalue weighted by Gasteiger charge is -2.31. The second-order valence-electron chi connectivity index (χ2n) is 6.92. The molecule has 0 saturated carbocycles. The molecule has 1 fully saturated rings. The van der Waals surface area contributed by atoms with Crippen molar-refractivity contribution in [1.29, 1.82) is 0 Å². The van der Waals surface area contributed by atoms with E-state index in [1.165, 1.54) is 12.8 Å². The number of likely N-dealkylation sites (tertiary alicyclic amines) is 1. The quantitative estimate of drug-likeness (QED) is 0.317. The molecule has 1 unspecified atom stereocenters. The highest BCUT2D eigenvalue weighted by molar-refractivity contribution is 14.0. The summed E-state index contributed by atoms with van der Waals surface area (Å²) in [6.07, 6.45) is 2.41. The molecule has 2 N–H and O–H groups in total. The second kappa shape index (κ2) is 13.6. The number of benzene rings is 1. The molecule has 1 saturated heterocycles. The largest absolute Gasteiger partial charge is 0.383 e. The number of halogens is 2. The highest BCUT2D eigenvalue weighted by Crippen LogP contribution is 2.18. The van der Waals surface area contributed by atoms with Crippen LogP contribution in [-0.2, 0) is 4.74 Å². The Morgan fingerprint density at radius 1 is 1.37 bits per heavy atom. The van der Waals surface area contributed by atoms with Crippen LogP contribution in [0.25, 0.3) is 0 Å². The second-order valence-corrected chi connectivity index (χ2v) is 7.35. The summed E-state index contributed by atoms with van der Waals surface area (Å²) in [5.41, 5.74) is 1.16. The van der Waals surface area contributed by atoms with E-state index in [9.17, 15) is 0 Å². The predicted molar refractivity (Wildman–Crippen MR) is 125 cm³/mol. The summed E-state index contributed by atoms with van der Waals surface area (Å²) < 4.78 is 5.17. The molecule has 1 aromatic rings. The van der Waals surface area contributed by atoms with Crippen LogP contribution in [-0.4, -0.2) is 57.3 Å². The molecule has 1 heterocycles. The highest BCUT2D eigenvalue weighted by Gasteiger charge is 2.19. The van der Waals surface area contributed by atoms with Crippen molar-refractivity contribution >= 4 is 41.5 Å². The van der Waals surface area contributed by atoms with Gasteiger partial charge in [-0.1, -0.05) is 23.7 Å². The van der Waals surface area contributed by atoms with Gasteiger partial charge in [-0.2, -0.15) is 0 Å². The minimum absolute atomic E-state index is 0. The summed E-state index contributed by atoms with van der Waals surface area (Å²) >= 11 is 6.11. The Kier molecular flexibility index (Phi) is 12.3. The zero-order valence-corrected chi connectivity index (χ0v) is 19.8. The van der Waals surface area contributed by atoms with Crippen LogP contribution in [0.4, 0.5) is 0 Å². The number of hydrogen-bond donors (Lipinski definition) is 2. The first kappa shape index (κ1) is 24.5. The van der Waals surface area contributed by atoms with Gasteiger partial charge < -0.3 is 20.3 Å². The zero-order chi connectivity index (χ0) is 18.8. The maximum atomic E-state index is 6.11. The number of nitrogens with zero attached hydrogens (tertiary/aromatic N) is 2. The van der Waals surface area contributed by atoms with Crippen LogP contribution in [0.1, 0.15) is 38.3 Å². The van der Waals surface area contributed by atoms with Crippen LogP contribution in [0.2, 0.25) is 5.02 Å². The van der Waals surface area contributed by atoms with Gasteiger partial charge in [0.2, 0.25) is 0 Å². The van der Waals surface area contributed by atoms with Gasteiger partial charge in [0.15, 0.2) is 5.96 Å². The van der Waals surface area contributed by atoms with Crippen LogP contribution in [0.5, 0.6) is 0 Å². The minimum Gasteiger partial charge on any atom is -0.383 e. The molecular weight excluding hydrogens is 475 g/mol. The molecule has 0 spiro atoms. The standard InChI is InChI=1S/C20H33ClN4O.HI/c1-4-22-20(24-16(2)18-6-5-7-19(21)14-18)23-15-17-8-10-25(11-9-17)12-13-26-3;/h5-7,14,16-17H,4,8-13,15H2,1-3H3,(H2,22,23,24);1H. The third-order valence-corrected chi connectivity index (χ3v) is 5.11. The summed E-state index contributed by atoms with van der Waals surface area (Å²) in [7, 11) is 1.76. The summed E-state index contributed by atoms with van der Waals surface area (Å²) in [5.74, 6) is 1.53. The van der Waals surface area contributed by atoms with E-state index in [0.29, 0.717) is 5.92 Å². The van der Waals surface area contributed by atoms with Crippen molar-refractivity contribution in [2.24, 2.45) is 10.9 Å².